The Bertz CT molecular complexity index is 322. The minimum absolute atomic E-state index is 0.156. The van der Waals surface area contributed by atoms with E-state index in [1.165, 1.54) is 5.56 Å². The molecule has 0 aromatic heterocycles. The molecule has 0 heterocycles. The Balaban J connectivity index is 2.46. The van der Waals surface area contributed by atoms with Crippen molar-refractivity contribution in [2.45, 2.75) is 52.6 Å². The fraction of sp³-hybridized carbons (Fsp3) is 0.600. The summed E-state index contributed by atoms with van der Waals surface area (Å²) < 4.78 is 11.0. The zero-order chi connectivity index (χ0) is 12.9. The fourth-order valence-corrected chi connectivity index (χ4v) is 1.40. The molecular formula is C15H24O2. The third kappa shape index (κ3) is 5.22. The van der Waals surface area contributed by atoms with E-state index >= 15 is 0 Å². The molecule has 0 spiro atoms. The van der Waals surface area contributed by atoms with Crippen molar-refractivity contribution in [3.8, 4) is 5.75 Å². The van der Waals surface area contributed by atoms with Crippen LogP contribution in [-0.4, -0.2) is 12.4 Å². The van der Waals surface area contributed by atoms with Gasteiger partial charge in [-0.1, -0.05) is 26.0 Å². The van der Waals surface area contributed by atoms with Gasteiger partial charge in [0.2, 0.25) is 0 Å². The molecule has 0 fully saturated rings. The Morgan fingerprint density at radius 3 is 2.18 bits per heavy atom. The van der Waals surface area contributed by atoms with Gasteiger partial charge in [-0.05, 0) is 50.8 Å². The van der Waals surface area contributed by atoms with Crippen LogP contribution in [0.2, 0.25) is 0 Å². The minimum Gasteiger partial charge on any atom is -0.468 e. The van der Waals surface area contributed by atoms with Crippen molar-refractivity contribution in [3.05, 3.63) is 29.8 Å². The Morgan fingerprint density at radius 2 is 1.71 bits per heavy atom. The molecule has 0 bridgehead atoms. The predicted octanol–water partition coefficient (Wildman–Crippen LogP) is 4.35. The minimum atomic E-state index is -0.156. The maximum atomic E-state index is 5.53. The van der Waals surface area contributed by atoms with E-state index in [-0.39, 0.29) is 5.60 Å². The van der Waals surface area contributed by atoms with Gasteiger partial charge in [-0.15, -0.1) is 0 Å². The lowest BCUT2D eigenvalue weighted by atomic mass is 9.99. The summed E-state index contributed by atoms with van der Waals surface area (Å²) in [6.45, 7) is 10.8. The molecule has 17 heavy (non-hydrogen) atoms. The number of benzene rings is 1. The second-order valence-corrected chi connectivity index (χ2v) is 5.40. The summed E-state index contributed by atoms with van der Waals surface area (Å²) in [5.41, 5.74) is 1.20. The van der Waals surface area contributed by atoms with Gasteiger partial charge in [-0.25, -0.2) is 0 Å². The van der Waals surface area contributed by atoms with E-state index in [2.05, 4.69) is 26.0 Å². The van der Waals surface area contributed by atoms with Crippen LogP contribution < -0.4 is 4.74 Å². The smallest absolute Gasteiger partial charge is 0.189 e. The molecule has 0 N–H and O–H groups in total. The SMILES string of the molecule is CCC(C)c1ccc(OCOC(C)(C)C)cc1. The maximum Gasteiger partial charge on any atom is 0.189 e. The summed E-state index contributed by atoms with van der Waals surface area (Å²) in [7, 11) is 0. The van der Waals surface area contributed by atoms with Gasteiger partial charge in [0.15, 0.2) is 6.79 Å². The number of hydrogen-bond donors (Lipinski definition) is 0. The first-order valence-corrected chi connectivity index (χ1v) is 6.29. The lowest BCUT2D eigenvalue weighted by Gasteiger charge is -2.19. The molecule has 0 saturated carbocycles. The first-order chi connectivity index (χ1) is 7.92. The maximum absolute atomic E-state index is 5.53. The predicted molar refractivity (Wildman–Crippen MR) is 71.5 cm³/mol. The molecule has 1 atom stereocenters. The van der Waals surface area contributed by atoms with Crippen LogP contribution in [0.1, 0.15) is 52.5 Å². The Kier molecular flexibility index (Phi) is 5.01. The van der Waals surface area contributed by atoms with Gasteiger partial charge in [0.25, 0.3) is 0 Å². The zero-order valence-electron chi connectivity index (χ0n) is 11.6. The second kappa shape index (κ2) is 6.06. The van der Waals surface area contributed by atoms with Crippen molar-refractivity contribution >= 4 is 0 Å². The fourth-order valence-electron chi connectivity index (χ4n) is 1.40. The van der Waals surface area contributed by atoms with Crippen LogP contribution in [0, 0.1) is 0 Å². The van der Waals surface area contributed by atoms with Gasteiger partial charge in [-0.3, -0.25) is 0 Å². The highest BCUT2D eigenvalue weighted by molar-refractivity contribution is 5.29. The average Bonchev–Trinajstić information content (AvgIpc) is 2.27. The lowest BCUT2D eigenvalue weighted by molar-refractivity contribution is -0.0758. The molecule has 1 aromatic rings. The van der Waals surface area contributed by atoms with Crippen LogP contribution in [-0.2, 0) is 4.74 Å². The van der Waals surface area contributed by atoms with Crippen molar-refractivity contribution in [3.63, 3.8) is 0 Å². The van der Waals surface area contributed by atoms with E-state index in [4.69, 9.17) is 9.47 Å². The highest BCUT2D eigenvalue weighted by atomic mass is 16.7. The molecule has 1 aromatic carbocycles. The standard InChI is InChI=1S/C15H24O2/c1-6-12(2)13-7-9-14(10-8-13)16-11-17-15(3,4)5/h7-10,12H,6,11H2,1-5H3. The molecule has 0 aliphatic rings. The first kappa shape index (κ1) is 14.0. The average molecular weight is 236 g/mol. The van der Waals surface area contributed by atoms with Gasteiger partial charge < -0.3 is 9.47 Å². The highest BCUT2D eigenvalue weighted by Crippen LogP contribution is 2.21. The summed E-state index contributed by atoms with van der Waals surface area (Å²) in [6.07, 6.45) is 1.16. The van der Waals surface area contributed by atoms with Crippen molar-refractivity contribution in [1.29, 1.82) is 0 Å². The van der Waals surface area contributed by atoms with E-state index in [1.807, 2.05) is 32.9 Å². The molecule has 0 saturated heterocycles. The normalized spacial score (nSPS) is 13.5. The molecule has 2 heteroatoms. The van der Waals surface area contributed by atoms with E-state index < -0.39 is 0 Å². The lowest BCUT2D eigenvalue weighted by Crippen LogP contribution is -2.22. The van der Waals surface area contributed by atoms with Crippen molar-refractivity contribution < 1.29 is 9.47 Å². The van der Waals surface area contributed by atoms with E-state index in [0.717, 1.165) is 12.2 Å². The number of ether oxygens (including phenoxy) is 2. The first-order valence-electron chi connectivity index (χ1n) is 6.29. The van der Waals surface area contributed by atoms with Crippen LogP contribution in [0.3, 0.4) is 0 Å². The monoisotopic (exact) mass is 236 g/mol. The molecular weight excluding hydrogens is 212 g/mol. The van der Waals surface area contributed by atoms with Crippen molar-refractivity contribution in [2.75, 3.05) is 6.79 Å². The summed E-state index contributed by atoms with van der Waals surface area (Å²) in [6, 6.07) is 8.27. The van der Waals surface area contributed by atoms with E-state index in [0.29, 0.717) is 12.7 Å². The summed E-state index contributed by atoms with van der Waals surface area (Å²) >= 11 is 0. The third-order valence-corrected chi connectivity index (χ3v) is 2.78. The quantitative estimate of drug-likeness (QED) is 0.707. The van der Waals surface area contributed by atoms with Crippen LogP contribution >= 0.6 is 0 Å². The van der Waals surface area contributed by atoms with Crippen LogP contribution in [0.15, 0.2) is 24.3 Å². The van der Waals surface area contributed by atoms with Gasteiger partial charge >= 0.3 is 0 Å². The van der Waals surface area contributed by atoms with Crippen LogP contribution in [0.4, 0.5) is 0 Å². The van der Waals surface area contributed by atoms with Gasteiger partial charge in [0.05, 0.1) is 5.60 Å². The number of rotatable bonds is 5. The largest absolute Gasteiger partial charge is 0.468 e. The topological polar surface area (TPSA) is 18.5 Å². The Morgan fingerprint density at radius 1 is 1.12 bits per heavy atom. The molecule has 0 amide bonds. The molecule has 0 aliphatic carbocycles. The molecule has 0 aliphatic heterocycles. The van der Waals surface area contributed by atoms with Gasteiger partial charge in [0, 0.05) is 0 Å². The van der Waals surface area contributed by atoms with Gasteiger partial charge in [-0.2, -0.15) is 0 Å². The summed E-state index contributed by atoms with van der Waals surface area (Å²) in [4.78, 5) is 0. The van der Waals surface area contributed by atoms with Crippen LogP contribution in [0.25, 0.3) is 0 Å². The van der Waals surface area contributed by atoms with Crippen molar-refractivity contribution in [2.24, 2.45) is 0 Å². The third-order valence-electron chi connectivity index (χ3n) is 2.78. The Hall–Kier alpha value is -1.02. The van der Waals surface area contributed by atoms with E-state index in [9.17, 15) is 0 Å². The number of hydrogen-bond acceptors (Lipinski definition) is 2. The van der Waals surface area contributed by atoms with Crippen molar-refractivity contribution in [1.82, 2.24) is 0 Å². The summed E-state index contributed by atoms with van der Waals surface area (Å²) in [5.74, 6) is 1.47. The molecule has 96 valence electrons. The molecule has 2 nitrogen and oxygen atoms in total. The molecule has 1 rings (SSSR count). The summed E-state index contributed by atoms with van der Waals surface area (Å²) in [5, 5.41) is 0. The van der Waals surface area contributed by atoms with Gasteiger partial charge in [0.1, 0.15) is 5.75 Å². The van der Waals surface area contributed by atoms with Crippen LogP contribution in [0.5, 0.6) is 5.75 Å². The molecule has 0 radical (unpaired) electrons. The highest BCUT2D eigenvalue weighted by Gasteiger charge is 2.09. The van der Waals surface area contributed by atoms with E-state index in [1.54, 1.807) is 0 Å². The zero-order valence-corrected chi connectivity index (χ0v) is 11.6. The Labute approximate surface area is 105 Å². The molecule has 1 unspecified atom stereocenters. The second-order valence-electron chi connectivity index (χ2n) is 5.40.